The molecule has 1 aromatic carbocycles. The van der Waals surface area contributed by atoms with E-state index in [1.54, 1.807) is 4.90 Å². The molecule has 1 aromatic rings. The highest BCUT2D eigenvalue weighted by atomic mass is 79.9. The van der Waals surface area contributed by atoms with Crippen molar-refractivity contribution in [3.8, 4) is 0 Å². The molecule has 0 saturated carbocycles. The van der Waals surface area contributed by atoms with Gasteiger partial charge in [-0.05, 0) is 34.1 Å². The molecule has 29 heavy (non-hydrogen) atoms. The number of nitrogens with one attached hydrogen (secondary N) is 1. The van der Waals surface area contributed by atoms with Crippen LogP contribution in [-0.2, 0) is 14.6 Å². The molecule has 11 heteroatoms. The predicted octanol–water partition coefficient (Wildman–Crippen LogP) is 0.0102. The van der Waals surface area contributed by atoms with Gasteiger partial charge in [0.2, 0.25) is 5.91 Å². The molecule has 0 aromatic heterocycles. The Morgan fingerprint density at radius 2 is 1.90 bits per heavy atom. The summed E-state index contributed by atoms with van der Waals surface area (Å²) < 4.78 is 37.1. The molecule has 2 amide bonds. The molecule has 2 heterocycles. The van der Waals surface area contributed by atoms with Crippen LogP contribution in [0.15, 0.2) is 22.7 Å². The number of aliphatic hydroxyl groups is 1. The zero-order valence-electron chi connectivity index (χ0n) is 15.7. The third kappa shape index (κ3) is 5.53. The molecule has 0 spiro atoms. The highest BCUT2D eigenvalue weighted by molar-refractivity contribution is 9.10. The third-order valence-electron chi connectivity index (χ3n) is 5.23. The molecule has 8 nitrogen and oxygen atoms in total. The van der Waals surface area contributed by atoms with Gasteiger partial charge in [-0.1, -0.05) is 0 Å². The van der Waals surface area contributed by atoms with E-state index in [4.69, 9.17) is 0 Å². The van der Waals surface area contributed by atoms with Gasteiger partial charge < -0.3 is 15.3 Å². The number of aliphatic hydroxyl groups excluding tert-OH is 1. The molecule has 0 unspecified atom stereocenters. The SMILES string of the molecule is O=C(NCCC(=O)N1CCN([C@H]2CS(=O)(=O)C[C@H]2O)CC1)c1cc(F)ccc1Br. The summed E-state index contributed by atoms with van der Waals surface area (Å²) in [6.45, 7) is 1.98. The van der Waals surface area contributed by atoms with Crippen molar-refractivity contribution in [2.75, 3.05) is 44.2 Å². The van der Waals surface area contributed by atoms with E-state index >= 15 is 0 Å². The standard InChI is InChI=1S/C18H23BrFN3O5S/c19-14-2-1-12(20)9-13(14)18(26)21-4-3-17(25)23-7-5-22(6-8-23)15-10-29(27,28)11-16(15)24/h1-2,9,15-16,24H,3-8,10-11H2,(H,21,26)/t15-,16+/m0/s1. The van der Waals surface area contributed by atoms with E-state index in [9.17, 15) is 27.5 Å². The van der Waals surface area contributed by atoms with E-state index in [1.807, 2.05) is 4.90 Å². The van der Waals surface area contributed by atoms with Gasteiger partial charge in [-0.2, -0.15) is 0 Å². The van der Waals surface area contributed by atoms with E-state index < -0.39 is 33.7 Å². The number of carbonyl (C=O) groups is 2. The highest BCUT2D eigenvalue weighted by Crippen LogP contribution is 2.20. The molecule has 3 rings (SSSR count). The average molecular weight is 492 g/mol. The Labute approximate surface area is 177 Å². The van der Waals surface area contributed by atoms with Gasteiger partial charge in [-0.15, -0.1) is 0 Å². The Morgan fingerprint density at radius 1 is 1.21 bits per heavy atom. The van der Waals surface area contributed by atoms with Gasteiger partial charge in [0, 0.05) is 43.6 Å². The van der Waals surface area contributed by atoms with Crippen LogP contribution in [-0.4, -0.2) is 91.5 Å². The number of hydrogen-bond donors (Lipinski definition) is 2. The highest BCUT2D eigenvalue weighted by Gasteiger charge is 2.41. The van der Waals surface area contributed by atoms with Crippen molar-refractivity contribution in [2.45, 2.75) is 18.6 Å². The summed E-state index contributed by atoms with van der Waals surface area (Å²) in [5, 5.41) is 12.6. The van der Waals surface area contributed by atoms with Crippen LogP contribution in [0.5, 0.6) is 0 Å². The number of rotatable bonds is 5. The molecule has 2 atom stereocenters. The van der Waals surface area contributed by atoms with Crippen molar-refractivity contribution >= 4 is 37.6 Å². The Balaban J connectivity index is 1.43. The van der Waals surface area contributed by atoms with Gasteiger partial charge in [0.1, 0.15) is 5.82 Å². The van der Waals surface area contributed by atoms with E-state index in [0.29, 0.717) is 30.7 Å². The summed E-state index contributed by atoms with van der Waals surface area (Å²) in [5.74, 6) is -1.37. The van der Waals surface area contributed by atoms with Crippen molar-refractivity contribution in [1.29, 1.82) is 0 Å². The van der Waals surface area contributed by atoms with E-state index in [1.165, 1.54) is 12.1 Å². The van der Waals surface area contributed by atoms with E-state index in [0.717, 1.165) is 6.07 Å². The molecule has 2 aliphatic rings. The van der Waals surface area contributed by atoms with Crippen LogP contribution in [0.4, 0.5) is 4.39 Å². The lowest BCUT2D eigenvalue weighted by atomic mass is 10.1. The second-order valence-electron chi connectivity index (χ2n) is 7.26. The number of hydrogen-bond acceptors (Lipinski definition) is 6. The van der Waals surface area contributed by atoms with Gasteiger partial charge in [-0.25, -0.2) is 12.8 Å². The zero-order chi connectivity index (χ0) is 21.2. The molecule has 2 N–H and O–H groups in total. The summed E-state index contributed by atoms with van der Waals surface area (Å²) in [4.78, 5) is 28.1. The van der Waals surface area contributed by atoms with Crippen molar-refractivity contribution in [3.05, 3.63) is 34.1 Å². The number of carbonyl (C=O) groups excluding carboxylic acids is 2. The van der Waals surface area contributed by atoms with Gasteiger partial charge in [0.05, 0.1) is 29.2 Å². The number of amides is 2. The minimum absolute atomic E-state index is 0.0518. The maximum atomic E-state index is 13.3. The summed E-state index contributed by atoms with van der Waals surface area (Å²) in [7, 11) is -3.21. The lowest BCUT2D eigenvalue weighted by Crippen LogP contribution is -2.55. The van der Waals surface area contributed by atoms with Crippen LogP contribution in [0.1, 0.15) is 16.8 Å². The summed E-state index contributed by atoms with van der Waals surface area (Å²) in [6, 6.07) is 3.39. The molecule has 0 bridgehead atoms. The number of nitrogens with zero attached hydrogens (tertiary/aromatic N) is 2. The lowest BCUT2D eigenvalue weighted by Gasteiger charge is -2.38. The average Bonchev–Trinajstić information content (AvgIpc) is 2.96. The van der Waals surface area contributed by atoms with E-state index in [2.05, 4.69) is 21.2 Å². The van der Waals surface area contributed by atoms with Crippen LogP contribution in [0.3, 0.4) is 0 Å². The minimum Gasteiger partial charge on any atom is -0.390 e. The second kappa shape index (κ2) is 9.07. The van der Waals surface area contributed by atoms with Gasteiger partial charge >= 0.3 is 0 Å². The minimum atomic E-state index is -3.21. The van der Waals surface area contributed by atoms with Crippen molar-refractivity contribution in [1.82, 2.24) is 15.1 Å². The van der Waals surface area contributed by atoms with Crippen molar-refractivity contribution in [3.63, 3.8) is 0 Å². The van der Waals surface area contributed by atoms with Crippen LogP contribution in [0, 0.1) is 5.82 Å². The third-order valence-corrected chi connectivity index (χ3v) is 7.62. The number of halogens is 2. The van der Waals surface area contributed by atoms with Crippen LogP contribution < -0.4 is 5.32 Å². The first kappa shape index (κ1) is 22.1. The Kier molecular flexibility index (Phi) is 6.92. The summed E-state index contributed by atoms with van der Waals surface area (Å²) in [6.07, 6.45) is -0.779. The molecule has 2 fully saturated rings. The molecule has 2 aliphatic heterocycles. The lowest BCUT2D eigenvalue weighted by molar-refractivity contribution is -0.133. The Hall–Kier alpha value is -1.56. The second-order valence-corrected chi connectivity index (χ2v) is 10.3. The van der Waals surface area contributed by atoms with Crippen LogP contribution in [0.25, 0.3) is 0 Å². The normalized spacial score (nSPS) is 24.4. The van der Waals surface area contributed by atoms with Crippen molar-refractivity contribution < 1.29 is 27.5 Å². The first-order valence-corrected chi connectivity index (χ1v) is 11.9. The van der Waals surface area contributed by atoms with Gasteiger partial charge in [-0.3, -0.25) is 14.5 Å². The fourth-order valence-corrected chi connectivity index (χ4v) is 5.93. The Bertz CT molecular complexity index is 889. The quantitative estimate of drug-likeness (QED) is 0.600. The van der Waals surface area contributed by atoms with Crippen LogP contribution >= 0.6 is 15.9 Å². The summed E-state index contributed by atoms with van der Waals surface area (Å²) in [5.41, 5.74) is 0.163. The fourth-order valence-electron chi connectivity index (χ4n) is 3.67. The zero-order valence-corrected chi connectivity index (χ0v) is 18.1. The van der Waals surface area contributed by atoms with Crippen LogP contribution in [0.2, 0.25) is 0 Å². The number of benzene rings is 1. The molecular weight excluding hydrogens is 469 g/mol. The topological polar surface area (TPSA) is 107 Å². The predicted molar refractivity (Wildman–Crippen MR) is 108 cm³/mol. The number of piperazine rings is 1. The Morgan fingerprint density at radius 3 is 2.52 bits per heavy atom. The molecule has 160 valence electrons. The fraction of sp³-hybridized carbons (Fsp3) is 0.556. The monoisotopic (exact) mass is 491 g/mol. The first-order chi connectivity index (χ1) is 13.7. The molecule has 0 aliphatic carbocycles. The number of sulfone groups is 1. The van der Waals surface area contributed by atoms with Gasteiger partial charge in [0.25, 0.3) is 5.91 Å². The smallest absolute Gasteiger partial charge is 0.252 e. The van der Waals surface area contributed by atoms with E-state index in [-0.39, 0.29) is 35.9 Å². The molecule has 0 radical (unpaired) electrons. The maximum Gasteiger partial charge on any atom is 0.252 e. The molecule has 2 saturated heterocycles. The summed E-state index contributed by atoms with van der Waals surface area (Å²) >= 11 is 3.20. The first-order valence-electron chi connectivity index (χ1n) is 9.30. The van der Waals surface area contributed by atoms with Crippen molar-refractivity contribution in [2.24, 2.45) is 0 Å². The molecular formula is C18H23BrFN3O5S. The van der Waals surface area contributed by atoms with Gasteiger partial charge in [0.15, 0.2) is 9.84 Å². The largest absolute Gasteiger partial charge is 0.390 e. The maximum absolute atomic E-state index is 13.3.